The molecule has 0 bridgehead atoms. The molecule has 2 saturated heterocycles. The first kappa shape index (κ1) is 17.0. The summed E-state index contributed by atoms with van der Waals surface area (Å²) in [7, 11) is 0. The highest BCUT2D eigenvalue weighted by molar-refractivity contribution is 5.95. The Morgan fingerprint density at radius 2 is 2.04 bits per heavy atom. The van der Waals surface area contributed by atoms with E-state index in [4.69, 9.17) is 5.73 Å². The van der Waals surface area contributed by atoms with Gasteiger partial charge in [-0.2, -0.15) is 5.26 Å². The van der Waals surface area contributed by atoms with Gasteiger partial charge >= 0.3 is 0 Å². The number of rotatable bonds is 3. The maximum absolute atomic E-state index is 9.41. The molecule has 3 fully saturated rings. The van der Waals surface area contributed by atoms with Gasteiger partial charge in [0, 0.05) is 42.9 Å². The predicted octanol–water partition coefficient (Wildman–Crippen LogP) is 2.75. The number of nitrogens with two attached hydrogens (primary N) is 1. The molecule has 5 nitrogen and oxygen atoms in total. The van der Waals surface area contributed by atoms with Crippen LogP contribution in [-0.2, 0) is 0 Å². The highest BCUT2D eigenvalue weighted by atomic mass is 15.2. The number of anilines is 1. The SMILES string of the molecule is N#Cc1ccc(N2CC(CN3CCC(N)CC3)C3(CC3)C2)c2cccnc12. The molecule has 0 amide bonds. The summed E-state index contributed by atoms with van der Waals surface area (Å²) in [5.41, 5.74) is 9.32. The van der Waals surface area contributed by atoms with Crippen molar-refractivity contribution >= 4 is 16.6 Å². The zero-order valence-electron chi connectivity index (χ0n) is 15.8. The van der Waals surface area contributed by atoms with Crippen molar-refractivity contribution in [3.8, 4) is 6.07 Å². The number of likely N-dealkylation sites (tertiary alicyclic amines) is 1. The Morgan fingerprint density at radius 3 is 2.78 bits per heavy atom. The normalized spacial score (nSPS) is 25.2. The molecule has 1 unspecified atom stereocenters. The fourth-order valence-electron chi connectivity index (χ4n) is 5.17. The number of aromatic nitrogens is 1. The van der Waals surface area contributed by atoms with Crippen LogP contribution in [0.2, 0.25) is 0 Å². The Morgan fingerprint density at radius 1 is 1.22 bits per heavy atom. The van der Waals surface area contributed by atoms with Crippen molar-refractivity contribution in [2.75, 3.05) is 37.6 Å². The zero-order chi connectivity index (χ0) is 18.4. The van der Waals surface area contributed by atoms with E-state index in [1.807, 2.05) is 12.1 Å². The van der Waals surface area contributed by atoms with E-state index in [-0.39, 0.29) is 0 Å². The molecule has 3 heterocycles. The van der Waals surface area contributed by atoms with E-state index in [1.54, 1.807) is 6.20 Å². The molecule has 1 aromatic carbocycles. The Bertz CT molecular complexity index is 889. The molecule has 2 N–H and O–H groups in total. The molecule has 1 aromatic heterocycles. The minimum atomic E-state index is 0.397. The Hall–Kier alpha value is -2.16. The van der Waals surface area contributed by atoms with Crippen LogP contribution in [0, 0.1) is 22.7 Å². The second kappa shape index (κ2) is 6.47. The standard InChI is InChI=1S/C22H27N5/c23-12-16-3-4-20(19-2-1-9-25-21(16)19)27-14-17(22(15-27)7-8-22)13-26-10-5-18(24)6-11-26/h1-4,9,17-18H,5-8,10-11,13-15,24H2. The molecular weight excluding hydrogens is 334 g/mol. The minimum Gasteiger partial charge on any atom is -0.370 e. The summed E-state index contributed by atoms with van der Waals surface area (Å²) in [6.07, 6.45) is 6.76. The van der Waals surface area contributed by atoms with E-state index in [9.17, 15) is 5.26 Å². The summed E-state index contributed by atoms with van der Waals surface area (Å²) in [5.74, 6) is 0.731. The van der Waals surface area contributed by atoms with Crippen LogP contribution in [0.15, 0.2) is 30.5 Å². The van der Waals surface area contributed by atoms with Crippen LogP contribution in [0.25, 0.3) is 10.9 Å². The molecule has 1 saturated carbocycles. The molecule has 5 rings (SSSR count). The molecule has 140 valence electrons. The molecular formula is C22H27N5. The number of benzene rings is 1. The average Bonchev–Trinajstić information content (AvgIpc) is 3.39. The third-order valence-corrected chi connectivity index (χ3v) is 7.02. The lowest BCUT2D eigenvalue weighted by molar-refractivity contribution is 0.168. The molecule has 1 spiro atoms. The zero-order valence-corrected chi connectivity index (χ0v) is 15.8. The topological polar surface area (TPSA) is 69.2 Å². The van der Waals surface area contributed by atoms with Gasteiger partial charge in [-0.05, 0) is 74.4 Å². The van der Waals surface area contributed by atoms with E-state index >= 15 is 0 Å². The Balaban J connectivity index is 1.40. The quantitative estimate of drug-likeness (QED) is 0.910. The summed E-state index contributed by atoms with van der Waals surface area (Å²) in [6, 6.07) is 10.8. The highest BCUT2D eigenvalue weighted by Gasteiger charge is 2.55. The number of nitriles is 1. The number of hydrogen-bond donors (Lipinski definition) is 1. The monoisotopic (exact) mass is 361 g/mol. The number of piperidine rings is 1. The molecule has 2 aromatic rings. The van der Waals surface area contributed by atoms with Crippen molar-refractivity contribution < 1.29 is 0 Å². The van der Waals surface area contributed by atoms with Gasteiger partial charge in [0.1, 0.15) is 6.07 Å². The van der Waals surface area contributed by atoms with Crippen LogP contribution >= 0.6 is 0 Å². The van der Waals surface area contributed by atoms with Gasteiger partial charge in [0.25, 0.3) is 0 Å². The molecule has 1 aliphatic carbocycles. The van der Waals surface area contributed by atoms with Crippen LogP contribution in [-0.4, -0.2) is 48.6 Å². The van der Waals surface area contributed by atoms with Gasteiger partial charge in [0.05, 0.1) is 11.1 Å². The largest absolute Gasteiger partial charge is 0.370 e. The van der Waals surface area contributed by atoms with Crippen molar-refractivity contribution in [1.82, 2.24) is 9.88 Å². The van der Waals surface area contributed by atoms with E-state index in [0.29, 0.717) is 17.0 Å². The fraction of sp³-hybridized carbons (Fsp3) is 0.545. The molecule has 3 aliphatic rings. The van der Waals surface area contributed by atoms with Gasteiger partial charge in [-0.25, -0.2) is 0 Å². The maximum atomic E-state index is 9.41. The fourth-order valence-corrected chi connectivity index (χ4v) is 5.17. The lowest BCUT2D eigenvalue weighted by Gasteiger charge is -2.33. The second-order valence-corrected chi connectivity index (χ2v) is 8.72. The molecule has 0 radical (unpaired) electrons. The first-order chi connectivity index (χ1) is 13.2. The van der Waals surface area contributed by atoms with Crippen LogP contribution in [0.4, 0.5) is 5.69 Å². The molecule has 27 heavy (non-hydrogen) atoms. The predicted molar refractivity (Wildman–Crippen MR) is 107 cm³/mol. The first-order valence-corrected chi connectivity index (χ1v) is 10.2. The van der Waals surface area contributed by atoms with E-state index in [2.05, 4.69) is 33.0 Å². The molecule has 2 aliphatic heterocycles. The lowest BCUT2D eigenvalue weighted by atomic mass is 9.91. The summed E-state index contributed by atoms with van der Waals surface area (Å²) in [4.78, 5) is 9.68. The molecule has 5 heteroatoms. The summed E-state index contributed by atoms with van der Waals surface area (Å²) >= 11 is 0. The minimum absolute atomic E-state index is 0.397. The number of hydrogen-bond acceptors (Lipinski definition) is 5. The number of fused-ring (bicyclic) bond motifs is 1. The van der Waals surface area contributed by atoms with Crippen LogP contribution in [0.1, 0.15) is 31.2 Å². The number of pyridine rings is 1. The van der Waals surface area contributed by atoms with Crippen molar-refractivity contribution in [2.45, 2.75) is 31.7 Å². The van der Waals surface area contributed by atoms with Crippen molar-refractivity contribution in [3.63, 3.8) is 0 Å². The Kier molecular flexibility index (Phi) is 4.07. The Labute approximate surface area is 160 Å². The molecule has 1 atom stereocenters. The first-order valence-electron chi connectivity index (χ1n) is 10.2. The third-order valence-electron chi connectivity index (χ3n) is 7.02. The highest BCUT2D eigenvalue weighted by Crippen LogP contribution is 2.57. The van der Waals surface area contributed by atoms with Crippen molar-refractivity contribution in [3.05, 3.63) is 36.0 Å². The van der Waals surface area contributed by atoms with Crippen molar-refractivity contribution in [2.24, 2.45) is 17.1 Å². The summed E-state index contributed by atoms with van der Waals surface area (Å²) in [6.45, 7) is 5.75. The van der Waals surface area contributed by atoms with Gasteiger partial charge in [0.15, 0.2) is 0 Å². The van der Waals surface area contributed by atoms with E-state index in [1.165, 1.54) is 25.1 Å². The van der Waals surface area contributed by atoms with Crippen LogP contribution in [0.3, 0.4) is 0 Å². The van der Waals surface area contributed by atoms with Crippen LogP contribution in [0.5, 0.6) is 0 Å². The summed E-state index contributed by atoms with van der Waals surface area (Å²) < 4.78 is 0. The van der Waals surface area contributed by atoms with Crippen molar-refractivity contribution in [1.29, 1.82) is 5.26 Å². The maximum Gasteiger partial charge on any atom is 0.101 e. The van der Waals surface area contributed by atoms with Gasteiger partial charge < -0.3 is 15.5 Å². The van der Waals surface area contributed by atoms with Crippen LogP contribution < -0.4 is 10.6 Å². The smallest absolute Gasteiger partial charge is 0.101 e. The van der Waals surface area contributed by atoms with Gasteiger partial charge in [0.2, 0.25) is 0 Å². The van der Waals surface area contributed by atoms with E-state index in [0.717, 1.165) is 55.8 Å². The third kappa shape index (κ3) is 2.97. The number of nitrogens with zero attached hydrogens (tertiary/aromatic N) is 4. The lowest BCUT2D eigenvalue weighted by Crippen LogP contribution is -2.43. The van der Waals surface area contributed by atoms with Gasteiger partial charge in [-0.15, -0.1) is 0 Å². The second-order valence-electron chi connectivity index (χ2n) is 8.72. The van der Waals surface area contributed by atoms with Gasteiger partial charge in [-0.3, -0.25) is 4.98 Å². The van der Waals surface area contributed by atoms with E-state index < -0.39 is 0 Å². The average molecular weight is 361 g/mol. The van der Waals surface area contributed by atoms with Gasteiger partial charge in [-0.1, -0.05) is 0 Å². The summed E-state index contributed by atoms with van der Waals surface area (Å²) in [5, 5.41) is 10.5.